The minimum atomic E-state index is -0.234. The molecule has 2 saturated heterocycles. The molecule has 0 aromatic heterocycles. The van der Waals surface area contributed by atoms with Gasteiger partial charge in [0.2, 0.25) is 0 Å². The van der Waals surface area contributed by atoms with Crippen molar-refractivity contribution in [3.05, 3.63) is 75.5 Å². The highest BCUT2D eigenvalue weighted by Gasteiger charge is 2.62. The largest absolute Gasteiger partial charge is 0.511 e. The number of hydrogen-bond acceptors (Lipinski definition) is 3. The first-order chi connectivity index (χ1) is 13.4. The number of aliphatic hydroxyl groups is 1. The molecule has 3 heteroatoms. The van der Waals surface area contributed by atoms with E-state index in [2.05, 4.69) is 50.2 Å². The number of rotatable bonds is 2. The fraction of sp³-hybridized carbons (Fsp3) is 0.400. The van der Waals surface area contributed by atoms with Crippen molar-refractivity contribution in [2.45, 2.75) is 52.2 Å². The highest BCUT2D eigenvalue weighted by molar-refractivity contribution is 6.26. The average molecular weight is 374 g/mol. The van der Waals surface area contributed by atoms with Gasteiger partial charge in [0.1, 0.15) is 5.76 Å². The van der Waals surface area contributed by atoms with Gasteiger partial charge >= 0.3 is 0 Å². The Balaban J connectivity index is 1.57. The zero-order valence-electron chi connectivity index (χ0n) is 16.8. The first kappa shape index (κ1) is 17.7. The van der Waals surface area contributed by atoms with Gasteiger partial charge in [0.25, 0.3) is 0 Å². The van der Waals surface area contributed by atoms with Gasteiger partial charge in [0.05, 0.1) is 29.6 Å². The van der Waals surface area contributed by atoms with E-state index in [0.29, 0.717) is 5.57 Å². The molecule has 0 radical (unpaired) electrons. The van der Waals surface area contributed by atoms with E-state index < -0.39 is 0 Å². The summed E-state index contributed by atoms with van der Waals surface area (Å²) in [6.45, 7) is 8.19. The lowest BCUT2D eigenvalue weighted by Crippen LogP contribution is -2.33. The average Bonchev–Trinajstić information content (AvgIpc) is 3.29. The van der Waals surface area contributed by atoms with E-state index in [1.165, 1.54) is 16.7 Å². The van der Waals surface area contributed by atoms with Crippen molar-refractivity contribution in [2.75, 3.05) is 0 Å². The van der Waals surface area contributed by atoms with Crippen LogP contribution in [0.25, 0.3) is 5.57 Å². The molecule has 2 aromatic carbocycles. The third kappa shape index (κ3) is 2.35. The lowest BCUT2D eigenvalue weighted by atomic mass is 9.72. The summed E-state index contributed by atoms with van der Waals surface area (Å²) >= 11 is 0. The van der Waals surface area contributed by atoms with Crippen LogP contribution in [0.2, 0.25) is 0 Å². The summed E-state index contributed by atoms with van der Waals surface area (Å²) in [6.07, 6.45) is 0.636. The Hall–Kier alpha value is -2.39. The monoisotopic (exact) mass is 374 g/mol. The number of aryl methyl sites for hydroxylation is 4. The van der Waals surface area contributed by atoms with Gasteiger partial charge in [0.15, 0.2) is 5.78 Å². The van der Waals surface area contributed by atoms with Gasteiger partial charge in [-0.1, -0.05) is 47.5 Å². The van der Waals surface area contributed by atoms with Crippen molar-refractivity contribution in [1.82, 2.24) is 0 Å². The number of allylic oxidation sites excluding steroid dienone is 1. The van der Waals surface area contributed by atoms with Crippen molar-refractivity contribution in [2.24, 2.45) is 11.8 Å². The van der Waals surface area contributed by atoms with Crippen molar-refractivity contribution in [1.29, 1.82) is 0 Å². The molecule has 5 atom stereocenters. The van der Waals surface area contributed by atoms with Crippen LogP contribution in [0.3, 0.4) is 0 Å². The number of hydrogen-bond donors (Lipinski definition) is 1. The van der Waals surface area contributed by atoms with E-state index in [4.69, 9.17) is 4.74 Å². The Morgan fingerprint density at radius 1 is 0.929 bits per heavy atom. The summed E-state index contributed by atoms with van der Waals surface area (Å²) in [4.78, 5) is 13.4. The van der Waals surface area contributed by atoms with Crippen LogP contribution >= 0.6 is 0 Å². The molecule has 144 valence electrons. The predicted octanol–water partition coefficient (Wildman–Crippen LogP) is 4.96. The van der Waals surface area contributed by atoms with Crippen LogP contribution in [-0.2, 0) is 9.53 Å². The Morgan fingerprint density at radius 3 is 2.21 bits per heavy atom. The van der Waals surface area contributed by atoms with Gasteiger partial charge in [-0.2, -0.15) is 0 Å². The van der Waals surface area contributed by atoms with Crippen LogP contribution < -0.4 is 0 Å². The number of aliphatic hydroxyl groups excluding tert-OH is 1. The van der Waals surface area contributed by atoms with Crippen molar-refractivity contribution in [3.63, 3.8) is 0 Å². The second kappa shape index (κ2) is 6.05. The minimum Gasteiger partial charge on any atom is -0.511 e. The van der Waals surface area contributed by atoms with E-state index in [9.17, 15) is 9.90 Å². The molecule has 2 aromatic rings. The Labute approximate surface area is 166 Å². The van der Waals surface area contributed by atoms with E-state index in [-0.39, 0.29) is 41.5 Å². The molecule has 3 nitrogen and oxygen atoms in total. The maximum atomic E-state index is 13.4. The molecule has 5 rings (SSSR count). The maximum absolute atomic E-state index is 13.4. The lowest BCUT2D eigenvalue weighted by molar-refractivity contribution is -0.118. The number of ether oxygens (including phenoxy) is 1. The quantitative estimate of drug-likeness (QED) is 0.808. The smallest absolute Gasteiger partial charge is 0.173 e. The van der Waals surface area contributed by atoms with Gasteiger partial charge in [-0.15, -0.1) is 0 Å². The molecule has 2 heterocycles. The molecule has 0 spiro atoms. The summed E-state index contributed by atoms with van der Waals surface area (Å²) in [5.41, 5.74) is 7.20. The van der Waals surface area contributed by atoms with Crippen molar-refractivity contribution >= 4 is 11.4 Å². The van der Waals surface area contributed by atoms with E-state index in [1.807, 2.05) is 13.8 Å². The molecular weight excluding hydrogens is 348 g/mol. The summed E-state index contributed by atoms with van der Waals surface area (Å²) in [7, 11) is 0. The zero-order valence-corrected chi connectivity index (χ0v) is 16.8. The molecule has 0 saturated carbocycles. The third-order valence-corrected chi connectivity index (χ3v) is 6.91. The second-order valence-corrected chi connectivity index (χ2v) is 8.84. The lowest BCUT2D eigenvalue weighted by Gasteiger charge is -2.27. The van der Waals surface area contributed by atoms with E-state index in [0.717, 1.165) is 23.1 Å². The fourth-order valence-electron chi connectivity index (χ4n) is 5.82. The van der Waals surface area contributed by atoms with Gasteiger partial charge in [-0.05, 0) is 56.4 Å². The van der Waals surface area contributed by atoms with Gasteiger partial charge < -0.3 is 9.84 Å². The van der Waals surface area contributed by atoms with Gasteiger partial charge in [0, 0.05) is 5.92 Å². The molecule has 2 bridgehead atoms. The fourth-order valence-corrected chi connectivity index (χ4v) is 5.82. The maximum Gasteiger partial charge on any atom is 0.173 e. The SMILES string of the molecule is Cc1ccc([C@H]2C[C@@H]3O[C@H]2[C@H]2C(O)=C(c4c(C)cc(C)cc4C)C(=O)[C@H]23)cc1. The predicted molar refractivity (Wildman–Crippen MR) is 109 cm³/mol. The molecule has 0 amide bonds. The Bertz CT molecular complexity index is 992. The number of fused-ring (bicyclic) bond motifs is 5. The summed E-state index contributed by atoms with van der Waals surface area (Å²) < 4.78 is 6.23. The van der Waals surface area contributed by atoms with Gasteiger partial charge in [-0.25, -0.2) is 0 Å². The van der Waals surface area contributed by atoms with Crippen LogP contribution in [0, 0.1) is 39.5 Å². The van der Waals surface area contributed by atoms with Crippen LogP contribution in [-0.4, -0.2) is 23.1 Å². The number of ketones is 1. The highest BCUT2D eigenvalue weighted by Crippen LogP contribution is 2.58. The molecule has 2 aliphatic heterocycles. The van der Waals surface area contributed by atoms with Crippen molar-refractivity contribution < 1.29 is 14.6 Å². The first-order valence-electron chi connectivity index (χ1n) is 10.1. The normalized spacial score (nSPS) is 31.0. The highest BCUT2D eigenvalue weighted by atomic mass is 16.5. The zero-order chi connectivity index (χ0) is 19.7. The molecule has 1 N–H and O–H groups in total. The Kier molecular flexibility index (Phi) is 3.82. The van der Waals surface area contributed by atoms with Crippen LogP contribution in [0.15, 0.2) is 42.2 Å². The molecule has 0 unspecified atom stereocenters. The standard InChI is InChI=1S/C25H26O3/c1-12-5-7-16(8-6-12)17-11-18-20-22(25(17)28-18)24(27)21(23(20)26)19-14(3)9-13(2)10-15(19)4/h5-10,17-18,20,22,25,27H,11H2,1-4H3/t17-,18+,20+,22-,25-/m1/s1. The van der Waals surface area contributed by atoms with Gasteiger partial charge in [-0.3, -0.25) is 4.79 Å². The van der Waals surface area contributed by atoms with Crippen LogP contribution in [0.4, 0.5) is 0 Å². The summed E-state index contributed by atoms with van der Waals surface area (Å²) in [5, 5.41) is 11.2. The number of carbonyl (C=O) groups is 1. The second-order valence-electron chi connectivity index (χ2n) is 8.84. The number of Topliss-reactive ketones (excluding diaryl/α,β-unsaturated/α-hetero) is 1. The van der Waals surface area contributed by atoms with Crippen LogP contribution in [0.1, 0.15) is 45.7 Å². The third-order valence-electron chi connectivity index (χ3n) is 6.91. The molecule has 3 aliphatic rings. The minimum absolute atomic E-state index is 0.0624. The van der Waals surface area contributed by atoms with Crippen LogP contribution in [0.5, 0.6) is 0 Å². The Morgan fingerprint density at radius 2 is 1.57 bits per heavy atom. The molecule has 2 fully saturated rings. The number of benzene rings is 2. The molecular formula is C25H26O3. The first-order valence-corrected chi connectivity index (χ1v) is 10.1. The van der Waals surface area contributed by atoms with Crippen molar-refractivity contribution in [3.8, 4) is 0 Å². The topological polar surface area (TPSA) is 46.5 Å². The molecule has 1 aliphatic carbocycles. The molecule has 28 heavy (non-hydrogen) atoms. The number of carbonyl (C=O) groups excluding carboxylic acids is 1. The summed E-state index contributed by atoms with van der Waals surface area (Å²) in [6, 6.07) is 12.7. The summed E-state index contributed by atoms with van der Waals surface area (Å²) in [5.74, 6) is 0.0950. The van der Waals surface area contributed by atoms with E-state index >= 15 is 0 Å². The van der Waals surface area contributed by atoms with E-state index in [1.54, 1.807) is 0 Å².